The molecule has 6 heteroatoms. The zero-order valence-corrected chi connectivity index (χ0v) is 16.9. The van der Waals surface area contributed by atoms with E-state index < -0.39 is 0 Å². The van der Waals surface area contributed by atoms with Crippen LogP contribution in [0.3, 0.4) is 0 Å². The first kappa shape index (κ1) is 20.0. The number of hydrogen-bond acceptors (Lipinski definition) is 6. The monoisotopic (exact) mass is 401 g/mol. The van der Waals surface area contributed by atoms with Gasteiger partial charge in [0.2, 0.25) is 0 Å². The molecule has 30 heavy (non-hydrogen) atoms. The van der Waals surface area contributed by atoms with E-state index in [1.807, 2.05) is 54.6 Å². The fourth-order valence-electron chi connectivity index (χ4n) is 4.12. The third-order valence-electron chi connectivity index (χ3n) is 5.77. The number of piperidine rings is 1. The second-order valence-corrected chi connectivity index (χ2v) is 7.73. The molecule has 2 aromatic carbocycles. The third-order valence-corrected chi connectivity index (χ3v) is 5.77. The van der Waals surface area contributed by atoms with E-state index >= 15 is 0 Å². The second kappa shape index (κ2) is 9.47. The summed E-state index contributed by atoms with van der Waals surface area (Å²) in [5, 5.41) is 28.6. The minimum absolute atomic E-state index is 0.213. The number of rotatable bonds is 5. The molecule has 2 aromatic rings. The molecule has 0 aromatic heterocycles. The molecule has 2 aliphatic heterocycles. The molecule has 6 nitrogen and oxygen atoms in total. The van der Waals surface area contributed by atoms with Crippen molar-refractivity contribution in [1.82, 2.24) is 16.0 Å². The Labute approximate surface area is 177 Å². The van der Waals surface area contributed by atoms with Crippen LogP contribution in [0.1, 0.15) is 24.8 Å². The molecule has 0 spiro atoms. The Morgan fingerprint density at radius 3 is 2.33 bits per heavy atom. The predicted molar refractivity (Wildman–Crippen MR) is 118 cm³/mol. The van der Waals surface area contributed by atoms with Crippen LogP contribution < -0.4 is 20.7 Å². The van der Waals surface area contributed by atoms with E-state index in [0.717, 1.165) is 44.6 Å². The van der Waals surface area contributed by atoms with E-state index in [-0.39, 0.29) is 5.71 Å². The maximum Gasteiger partial charge on any atom is 0.127 e. The Kier molecular flexibility index (Phi) is 6.31. The van der Waals surface area contributed by atoms with Gasteiger partial charge in [-0.05, 0) is 74.7 Å². The summed E-state index contributed by atoms with van der Waals surface area (Å²) in [4.78, 5) is 0. The van der Waals surface area contributed by atoms with Crippen molar-refractivity contribution in [3.8, 4) is 17.6 Å². The highest BCUT2D eigenvalue weighted by molar-refractivity contribution is 6.13. The van der Waals surface area contributed by atoms with E-state index in [4.69, 9.17) is 10.1 Å². The normalized spacial score (nSPS) is 21.0. The van der Waals surface area contributed by atoms with Crippen molar-refractivity contribution in [2.75, 3.05) is 19.6 Å². The summed E-state index contributed by atoms with van der Waals surface area (Å²) in [6, 6.07) is 19.5. The molecule has 0 amide bonds. The van der Waals surface area contributed by atoms with Gasteiger partial charge in [-0.15, -0.1) is 0 Å². The second-order valence-electron chi connectivity index (χ2n) is 7.73. The topological polar surface area (TPSA) is 93.0 Å². The predicted octanol–water partition coefficient (Wildman–Crippen LogP) is 3.53. The Balaban J connectivity index is 1.48. The number of para-hydroxylation sites is 1. The van der Waals surface area contributed by atoms with Crippen molar-refractivity contribution in [1.29, 1.82) is 10.7 Å². The molecule has 2 fully saturated rings. The van der Waals surface area contributed by atoms with Crippen molar-refractivity contribution in [2.45, 2.75) is 25.3 Å². The van der Waals surface area contributed by atoms with Crippen molar-refractivity contribution in [3.05, 3.63) is 71.6 Å². The lowest BCUT2D eigenvalue weighted by molar-refractivity contribution is 0.260. The Morgan fingerprint density at radius 2 is 1.63 bits per heavy atom. The molecule has 0 bridgehead atoms. The quantitative estimate of drug-likeness (QED) is 0.454. The number of allylic oxidation sites excluding steroid dienone is 1. The molecule has 154 valence electrons. The van der Waals surface area contributed by atoms with Crippen LogP contribution in [0.4, 0.5) is 0 Å². The summed E-state index contributed by atoms with van der Waals surface area (Å²) in [6.45, 7) is 2.92. The van der Waals surface area contributed by atoms with E-state index in [1.165, 1.54) is 0 Å². The minimum Gasteiger partial charge on any atom is -0.457 e. The van der Waals surface area contributed by atoms with Gasteiger partial charge in [-0.25, -0.2) is 0 Å². The third kappa shape index (κ3) is 4.64. The van der Waals surface area contributed by atoms with Gasteiger partial charge in [0.1, 0.15) is 29.0 Å². The Hall–Kier alpha value is -3.30. The first-order valence-electron chi connectivity index (χ1n) is 10.5. The molecule has 2 aliphatic rings. The number of nitrogens with zero attached hydrogens (tertiary/aromatic N) is 1. The van der Waals surface area contributed by atoms with Gasteiger partial charge in [-0.2, -0.15) is 5.26 Å². The van der Waals surface area contributed by atoms with Gasteiger partial charge in [0.15, 0.2) is 0 Å². The van der Waals surface area contributed by atoms with E-state index in [2.05, 4.69) is 22.0 Å². The SMILES string of the molecule is N#C/C(C(=N)c1ccc(Oc2ccccc2)cc1)=C1\NCCC(C2CCNCC2)N1. The molecule has 0 saturated carbocycles. The van der Waals surface area contributed by atoms with Crippen LogP contribution in [0.2, 0.25) is 0 Å². The van der Waals surface area contributed by atoms with E-state index in [1.54, 1.807) is 0 Å². The molecule has 0 aliphatic carbocycles. The highest BCUT2D eigenvalue weighted by atomic mass is 16.5. The molecule has 2 heterocycles. The average Bonchev–Trinajstić information content (AvgIpc) is 2.81. The molecule has 4 N–H and O–H groups in total. The van der Waals surface area contributed by atoms with E-state index in [9.17, 15) is 5.26 Å². The summed E-state index contributed by atoms with van der Waals surface area (Å²) >= 11 is 0. The highest BCUT2D eigenvalue weighted by Crippen LogP contribution is 2.24. The smallest absolute Gasteiger partial charge is 0.127 e. The summed E-state index contributed by atoms with van der Waals surface area (Å²) in [6.07, 6.45) is 3.33. The van der Waals surface area contributed by atoms with Gasteiger partial charge in [0.05, 0.1) is 5.71 Å². The van der Waals surface area contributed by atoms with Gasteiger partial charge in [-0.1, -0.05) is 18.2 Å². The first-order chi connectivity index (χ1) is 14.7. The van der Waals surface area contributed by atoms with Crippen LogP contribution in [0, 0.1) is 22.7 Å². The van der Waals surface area contributed by atoms with Gasteiger partial charge in [-0.3, -0.25) is 5.41 Å². The molecule has 1 unspecified atom stereocenters. The molecule has 0 radical (unpaired) electrons. The fraction of sp³-hybridized carbons (Fsp3) is 0.333. The highest BCUT2D eigenvalue weighted by Gasteiger charge is 2.28. The largest absolute Gasteiger partial charge is 0.457 e. The number of ether oxygens (including phenoxy) is 1. The molecule has 2 saturated heterocycles. The van der Waals surface area contributed by atoms with Gasteiger partial charge in [0.25, 0.3) is 0 Å². The first-order valence-corrected chi connectivity index (χ1v) is 10.5. The summed E-state index contributed by atoms with van der Waals surface area (Å²) in [5.41, 5.74) is 1.25. The van der Waals surface area contributed by atoms with Crippen LogP contribution in [-0.4, -0.2) is 31.4 Å². The number of hydrogen-bond donors (Lipinski definition) is 4. The average molecular weight is 402 g/mol. The maximum absolute atomic E-state index is 9.79. The maximum atomic E-state index is 9.79. The molecule has 4 rings (SSSR count). The lowest BCUT2D eigenvalue weighted by Crippen LogP contribution is -2.50. The van der Waals surface area contributed by atoms with Crippen LogP contribution >= 0.6 is 0 Å². The van der Waals surface area contributed by atoms with Crippen molar-refractivity contribution in [3.63, 3.8) is 0 Å². The lowest BCUT2D eigenvalue weighted by Gasteiger charge is -2.36. The zero-order chi connectivity index (χ0) is 20.8. The van der Waals surface area contributed by atoms with Crippen molar-refractivity contribution >= 4 is 5.71 Å². The Morgan fingerprint density at radius 1 is 0.933 bits per heavy atom. The molecular weight excluding hydrogens is 374 g/mol. The van der Waals surface area contributed by atoms with Crippen LogP contribution in [-0.2, 0) is 0 Å². The number of nitriles is 1. The van der Waals surface area contributed by atoms with Gasteiger partial charge < -0.3 is 20.7 Å². The summed E-state index contributed by atoms with van der Waals surface area (Å²) in [5.74, 6) is 2.75. The lowest BCUT2D eigenvalue weighted by atomic mass is 9.87. The standard InChI is InChI=1S/C24H27N5O/c25-16-21(24-28-15-12-22(29-24)17-10-13-27-14-11-17)23(26)18-6-8-20(9-7-18)30-19-4-2-1-3-5-19/h1-9,17,22,26-29H,10-15H2/b24-21-,26-23?. The molecular formula is C24H27N5O. The molecule has 1 atom stereocenters. The summed E-state index contributed by atoms with van der Waals surface area (Å²) < 4.78 is 5.82. The van der Waals surface area contributed by atoms with Crippen LogP contribution in [0.5, 0.6) is 11.5 Å². The Bertz CT molecular complexity index is 940. The van der Waals surface area contributed by atoms with Crippen LogP contribution in [0.25, 0.3) is 0 Å². The zero-order valence-electron chi connectivity index (χ0n) is 16.9. The van der Waals surface area contributed by atoms with Crippen LogP contribution in [0.15, 0.2) is 66.0 Å². The number of benzene rings is 2. The number of nitrogens with one attached hydrogen (secondary N) is 4. The van der Waals surface area contributed by atoms with Crippen molar-refractivity contribution in [2.24, 2.45) is 5.92 Å². The van der Waals surface area contributed by atoms with Gasteiger partial charge >= 0.3 is 0 Å². The van der Waals surface area contributed by atoms with E-state index in [0.29, 0.717) is 34.7 Å². The minimum atomic E-state index is 0.213. The summed E-state index contributed by atoms with van der Waals surface area (Å²) in [7, 11) is 0. The van der Waals surface area contributed by atoms with Gasteiger partial charge in [0, 0.05) is 18.2 Å². The van der Waals surface area contributed by atoms with Crippen molar-refractivity contribution < 1.29 is 4.74 Å². The fourth-order valence-corrected chi connectivity index (χ4v) is 4.12.